The van der Waals surface area contributed by atoms with E-state index in [4.69, 9.17) is 0 Å². The zero-order valence-electron chi connectivity index (χ0n) is 15.4. The first-order valence-corrected chi connectivity index (χ1v) is 9.64. The Morgan fingerprint density at radius 3 is 2.31 bits per heavy atom. The number of carbonyl (C=O) groups excluding carboxylic acids is 1. The molecule has 3 saturated heterocycles. The zero-order chi connectivity index (χ0) is 18.3. The van der Waals surface area contributed by atoms with Gasteiger partial charge in [-0.15, -0.1) is 0 Å². The molecule has 0 aromatic heterocycles. The molecule has 3 fully saturated rings. The molecular formula is C20H27F2N3O. The first-order chi connectivity index (χ1) is 12.5. The van der Waals surface area contributed by atoms with Crippen molar-refractivity contribution < 1.29 is 13.6 Å². The molecule has 1 aromatic rings. The lowest BCUT2D eigenvalue weighted by atomic mass is 9.77. The minimum atomic E-state index is -0.790. The van der Waals surface area contributed by atoms with E-state index >= 15 is 0 Å². The Balaban J connectivity index is 1.30. The summed E-state index contributed by atoms with van der Waals surface area (Å²) in [5, 5.41) is 0. The first kappa shape index (κ1) is 17.7. The Bertz CT molecular complexity index is 680. The number of benzene rings is 1. The molecule has 1 spiro atoms. The third-order valence-corrected chi connectivity index (χ3v) is 6.63. The van der Waals surface area contributed by atoms with Gasteiger partial charge in [-0.05, 0) is 56.3 Å². The van der Waals surface area contributed by atoms with Gasteiger partial charge in [-0.2, -0.15) is 0 Å². The van der Waals surface area contributed by atoms with Gasteiger partial charge < -0.3 is 14.7 Å². The van der Waals surface area contributed by atoms with Crippen molar-refractivity contribution in [3.05, 3.63) is 29.8 Å². The van der Waals surface area contributed by atoms with E-state index in [-0.39, 0.29) is 5.41 Å². The van der Waals surface area contributed by atoms with Gasteiger partial charge in [0, 0.05) is 50.9 Å². The SMILES string of the molecule is CN1CC2(CCN(C3CCN(c4ccc(F)c(F)c4)CC3)CC2)CC1=O. The number of halogens is 2. The molecule has 142 valence electrons. The number of likely N-dealkylation sites (tertiary alicyclic amines) is 2. The van der Waals surface area contributed by atoms with Crippen LogP contribution in [0.2, 0.25) is 0 Å². The lowest BCUT2D eigenvalue weighted by molar-refractivity contribution is -0.126. The molecule has 4 rings (SSSR count). The molecule has 3 heterocycles. The van der Waals surface area contributed by atoms with Crippen LogP contribution in [0.1, 0.15) is 32.1 Å². The van der Waals surface area contributed by atoms with Gasteiger partial charge in [0.25, 0.3) is 0 Å². The summed E-state index contributed by atoms with van der Waals surface area (Å²) < 4.78 is 26.6. The Morgan fingerprint density at radius 1 is 1.04 bits per heavy atom. The second-order valence-electron chi connectivity index (χ2n) is 8.28. The number of carbonyl (C=O) groups is 1. The summed E-state index contributed by atoms with van der Waals surface area (Å²) in [6.07, 6.45) is 5.01. The van der Waals surface area contributed by atoms with Crippen LogP contribution in [0, 0.1) is 17.0 Å². The average molecular weight is 363 g/mol. The van der Waals surface area contributed by atoms with E-state index < -0.39 is 11.6 Å². The molecule has 0 aliphatic carbocycles. The van der Waals surface area contributed by atoms with Crippen molar-refractivity contribution in [2.45, 2.75) is 38.1 Å². The summed E-state index contributed by atoms with van der Waals surface area (Å²) in [6, 6.07) is 4.73. The minimum Gasteiger partial charge on any atom is -0.371 e. The van der Waals surface area contributed by atoms with Crippen LogP contribution in [-0.2, 0) is 4.79 Å². The second kappa shape index (κ2) is 6.80. The number of nitrogens with zero attached hydrogens (tertiary/aromatic N) is 3. The van der Waals surface area contributed by atoms with Gasteiger partial charge in [0.15, 0.2) is 11.6 Å². The maximum Gasteiger partial charge on any atom is 0.222 e. The Morgan fingerprint density at radius 2 is 1.73 bits per heavy atom. The van der Waals surface area contributed by atoms with E-state index in [0.717, 1.165) is 64.1 Å². The second-order valence-corrected chi connectivity index (χ2v) is 8.28. The predicted molar refractivity (Wildman–Crippen MR) is 97.1 cm³/mol. The summed E-state index contributed by atoms with van der Waals surface area (Å²) in [6.45, 7) is 4.79. The van der Waals surface area contributed by atoms with Gasteiger partial charge in [-0.25, -0.2) is 8.78 Å². The summed E-state index contributed by atoms with van der Waals surface area (Å²) in [4.78, 5) is 18.5. The quantitative estimate of drug-likeness (QED) is 0.808. The zero-order valence-corrected chi connectivity index (χ0v) is 15.4. The van der Waals surface area contributed by atoms with Crippen molar-refractivity contribution >= 4 is 11.6 Å². The molecular weight excluding hydrogens is 336 g/mol. The third kappa shape index (κ3) is 3.31. The molecule has 0 saturated carbocycles. The molecule has 0 atom stereocenters. The Labute approximate surface area is 153 Å². The highest BCUT2D eigenvalue weighted by molar-refractivity contribution is 5.79. The van der Waals surface area contributed by atoms with Crippen LogP contribution in [-0.4, -0.2) is 61.5 Å². The van der Waals surface area contributed by atoms with Crippen LogP contribution in [0.3, 0.4) is 0 Å². The summed E-state index contributed by atoms with van der Waals surface area (Å²) >= 11 is 0. The van der Waals surface area contributed by atoms with Crippen LogP contribution < -0.4 is 4.90 Å². The van der Waals surface area contributed by atoms with E-state index in [2.05, 4.69) is 9.80 Å². The maximum absolute atomic E-state index is 13.5. The average Bonchev–Trinajstić information content (AvgIpc) is 2.92. The van der Waals surface area contributed by atoms with Crippen molar-refractivity contribution in [2.75, 3.05) is 44.7 Å². The van der Waals surface area contributed by atoms with Crippen LogP contribution in [0.25, 0.3) is 0 Å². The fraction of sp³-hybridized carbons (Fsp3) is 0.650. The van der Waals surface area contributed by atoms with Gasteiger partial charge in [-0.3, -0.25) is 4.79 Å². The monoisotopic (exact) mass is 363 g/mol. The molecule has 0 unspecified atom stereocenters. The van der Waals surface area contributed by atoms with Crippen LogP contribution in [0.5, 0.6) is 0 Å². The fourth-order valence-electron chi connectivity index (χ4n) is 4.97. The summed E-state index contributed by atoms with van der Waals surface area (Å²) in [7, 11) is 1.91. The predicted octanol–water partition coefficient (Wildman–Crippen LogP) is 2.88. The van der Waals surface area contributed by atoms with Crippen LogP contribution in [0.15, 0.2) is 18.2 Å². The smallest absolute Gasteiger partial charge is 0.222 e. The summed E-state index contributed by atoms with van der Waals surface area (Å²) in [5.74, 6) is -1.28. The van der Waals surface area contributed by atoms with Crippen LogP contribution in [0.4, 0.5) is 14.5 Å². The lowest BCUT2D eigenvalue weighted by Gasteiger charge is -2.45. The number of rotatable bonds is 2. The van der Waals surface area contributed by atoms with Gasteiger partial charge in [-0.1, -0.05) is 0 Å². The normalized spacial score (nSPS) is 24.7. The van der Waals surface area contributed by atoms with E-state index in [9.17, 15) is 13.6 Å². The molecule has 0 bridgehead atoms. The van der Waals surface area contributed by atoms with E-state index in [1.165, 1.54) is 12.1 Å². The Hall–Kier alpha value is -1.69. The van der Waals surface area contributed by atoms with Gasteiger partial charge in [0.1, 0.15) is 0 Å². The number of hydrogen-bond donors (Lipinski definition) is 0. The van der Waals surface area contributed by atoms with Crippen molar-refractivity contribution in [1.29, 1.82) is 0 Å². The number of piperidine rings is 2. The van der Waals surface area contributed by atoms with Crippen LogP contribution >= 0.6 is 0 Å². The molecule has 1 amide bonds. The number of hydrogen-bond acceptors (Lipinski definition) is 3. The molecule has 4 nitrogen and oxygen atoms in total. The van der Waals surface area contributed by atoms with E-state index in [1.807, 2.05) is 11.9 Å². The van der Waals surface area contributed by atoms with E-state index in [1.54, 1.807) is 6.07 Å². The Kier molecular flexibility index (Phi) is 4.63. The van der Waals surface area contributed by atoms with Gasteiger partial charge in [0.05, 0.1) is 0 Å². The molecule has 3 aliphatic rings. The van der Waals surface area contributed by atoms with Crippen molar-refractivity contribution in [3.63, 3.8) is 0 Å². The lowest BCUT2D eigenvalue weighted by Crippen LogP contribution is -2.50. The van der Waals surface area contributed by atoms with Gasteiger partial charge in [0.2, 0.25) is 5.91 Å². The highest BCUT2D eigenvalue weighted by atomic mass is 19.2. The summed E-state index contributed by atoms with van der Waals surface area (Å²) in [5.41, 5.74) is 0.974. The standard InChI is InChI=1S/C20H27F2N3O/c1-23-14-20(13-19(23)26)6-10-25(11-7-20)15-4-8-24(9-5-15)16-2-3-17(21)18(22)12-16/h2-3,12,15H,4-11,13-14H2,1H3. The van der Waals surface area contributed by atoms with Crippen molar-refractivity contribution in [3.8, 4) is 0 Å². The molecule has 0 radical (unpaired) electrons. The maximum atomic E-state index is 13.5. The highest BCUT2D eigenvalue weighted by Gasteiger charge is 2.44. The number of anilines is 1. The molecule has 26 heavy (non-hydrogen) atoms. The molecule has 3 aliphatic heterocycles. The van der Waals surface area contributed by atoms with Gasteiger partial charge >= 0.3 is 0 Å². The minimum absolute atomic E-state index is 0.203. The highest BCUT2D eigenvalue weighted by Crippen LogP contribution is 2.41. The molecule has 0 N–H and O–H groups in total. The topological polar surface area (TPSA) is 26.8 Å². The third-order valence-electron chi connectivity index (χ3n) is 6.63. The molecule has 6 heteroatoms. The molecule has 1 aromatic carbocycles. The number of amides is 1. The largest absolute Gasteiger partial charge is 0.371 e. The first-order valence-electron chi connectivity index (χ1n) is 9.64. The fourth-order valence-corrected chi connectivity index (χ4v) is 4.97. The van der Waals surface area contributed by atoms with Crippen molar-refractivity contribution in [1.82, 2.24) is 9.80 Å². The van der Waals surface area contributed by atoms with E-state index in [0.29, 0.717) is 18.4 Å². The van der Waals surface area contributed by atoms with Crippen molar-refractivity contribution in [2.24, 2.45) is 5.41 Å².